The third-order valence-electron chi connectivity index (χ3n) is 12.7. The lowest BCUT2D eigenvalue weighted by molar-refractivity contribution is -0.136. The number of aromatic nitrogens is 4. The summed E-state index contributed by atoms with van der Waals surface area (Å²) in [7, 11) is 2.59. The molecule has 0 spiro atoms. The first kappa shape index (κ1) is 42.6. The Bertz CT molecular complexity index is 2170. The van der Waals surface area contributed by atoms with Crippen molar-refractivity contribution in [2.75, 3.05) is 27.3 Å². The number of carbonyl (C=O) groups is 4. The number of likely N-dealkylation sites (tertiary alicyclic amines) is 2. The number of nitrogens with zero attached hydrogens (tertiary/aromatic N) is 4. The number of rotatable bonds is 12. The number of benzene rings is 2. The molecule has 4 aromatic rings. The lowest BCUT2D eigenvalue weighted by Gasteiger charge is -2.30. The zero-order valence-corrected chi connectivity index (χ0v) is 36.9. The number of amides is 4. The summed E-state index contributed by atoms with van der Waals surface area (Å²) in [6.45, 7) is 13.6. The minimum absolute atomic E-state index is 0.130. The second-order valence-electron chi connectivity index (χ2n) is 17.3. The Hall–Kier alpha value is -6.06. The van der Waals surface area contributed by atoms with Crippen molar-refractivity contribution in [1.82, 2.24) is 40.4 Å². The van der Waals surface area contributed by atoms with Gasteiger partial charge in [-0.1, -0.05) is 41.5 Å². The number of aryl methyl sites for hydroxylation is 2. The zero-order chi connectivity index (χ0) is 44.0. The molecule has 6 heterocycles. The molecule has 0 radical (unpaired) electrons. The Kier molecular flexibility index (Phi) is 11.9. The molecule has 0 bridgehead atoms. The highest BCUT2D eigenvalue weighted by Crippen LogP contribution is 2.51. The predicted molar refractivity (Wildman–Crippen MR) is 230 cm³/mol. The number of methoxy groups -OCH3 is 2. The van der Waals surface area contributed by atoms with Crippen LogP contribution < -0.4 is 20.1 Å². The third-order valence-corrected chi connectivity index (χ3v) is 12.7. The van der Waals surface area contributed by atoms with Crippen molar-refractivity contribution in [3.63, 3.8) is 0 Å². The highest BCUT2D eigenvalue weighted by atomic mass is 16.5. The maximum atomic E-state index is 13.9. The number of carbonyl (C=O) groups excluding carboxylic acids is 4. The number of imidazole rings is 2. The minimum atomic E-state index is -0.717. The monoisotopic (exact) mass is 850 g/mol. The Morgan fingerprint density at radius 2 is 1.10 bits per heavy atom. The molecule has 16 nitrogen and oxygen atoms in total. The number of alkyl carbamates (subject to hydrolysis) is 2. The molecule has 4 atom stereocenters. The topological polar surface area (TPSA) is 193 Å². The molecule has 4 N–H and O–H groups in total. The Balaban J connectivity index is 1.07. The molecule has 2 fully saturated rings. The van der Waals surface area contributed by atoms with Crippen molar-refractivity contribution in [3.8, 4) is 45.1 Å². The van der Waals surface area contributed by atoms with E-state index in [1.54, 1.807) is 0 Å². The van der Waals surface area contributed by atoms with Crippen LogP contribution in [0.4, 0.5) is 9.59 Å². The van der Waals surface area contributed by atoms with Crippen LogP contribution in [0, 0.1) is 11.8 Å². The van der Waals surface area contributed by atoms with Crippen LogP contribution in [0.25, 0.3) is 33.6 Å². The second kappa shape index (κ2) is 17.4. The van der Waals surface area contributed by atoms with Crippen LogP contribution in [0.5, 0.6) is 11.5 Å². The van der Waals surface area contributed by atoms with E-state index in [9.17, 15) is 19.2 Å². The van der Waals surface area contributed by atoms with Gasteiger partial charge in [0.15, 0.2) is 0 Å². The molecule has 8 rings (SSSR count). The number of hydrogen-bond acceptors (Lipinski definition) is 10. The first-order valence-corrected chi connectivity index (χ1v) is 21.9. The molecule has 330 valence electrons. The van der Waals surface area contributed by atoms with Gasteiger partial charge in [-0.3, -0.25) is 9.59 Å². The number of H-pyrrole nitrogens is 2. The second-order valence-corrected chi connectivity index (χ2v) is 17.3. The maximum Gasteiger partial charge on any atom is 0.407 e. The summed E-state index contributed by atoms with van der Waals surface area (Å²) < 4.78 is 22.7. The summed E-state index contributed by atoms with van der Waals surface area (Å²) >= 11 is 0. The standard InChI is InChI=1S/C46H58N8O8/c1-9-29-39(49-41(47-29)31-13-11-15-53(31)43(55)37(23(3)4)51-45(57)59-7)25-17-27-21-62-34-20-26(18-28-22-61-33(19-25)35(27)36(28)34)40-30(10-2)48-42(50-40)32-14-12-16-54(32)44(56)38(24(5)6)52-46(58)60-8/h17-20,23-24,31-32,37-38H,9-16,21-22H2,1-8H3,(H,47,49)(H,48,50)(H,51,57)(H,52,58)/t31-,32-,37-,38-/m0/s1. The van der Waals surface area contributed by atoms with E-state index in [0.717, 1.165) is 105 Å². The van der Waals surface area contributed by atoms with E-state index in [1.807, 2.05) is 37.5 Å². The van der Waals surface area contributed by atoms with Crippen LogP contribution in [0.1, 0.15) is 113 Å². The highest BCUT2D eigenvalue weighted by Gasteiger charge is 2.40. The van der Waals surface area contributed by atoms with Crippen molar-refractivity contribution in [1.29, 1.82) is 0 Å². The molecule has 2 aromatic heterocycles. The Morgan fingerprint density at radius 3 is 1.45 bits per heavy atom. The van der Waals surface area contributed by atoms with Gasteiger partial charge in [-0.25, -0.2) is 19.6 Å². The SMILES string of the molecule is CCc1[nH]c([C@@H]2CCCN2C(=O)[C@@H](NC(=O)OC)C(C)C)nc1-c1cc2c3c(c1)OCc1cc(-c4nc([C@@H]5CCCN5C(=O)[C@@H](NC(=O)OC)C(C)C)[nH]c4CC)cc(c1-3)OC2. The van der Waals surface area contributed by atoms with Crippen LogP contribution in [0.2, 0.25) is 0 Å². The fourth-order valence-corrected chi connectivity index (χ4v) is 9.50. The van der Waals surface area contributed by atoms with Crippen molar-refractivity contribution in [3.05, 3.63) is 58.4 Å². The van der Waals surface area contributed by atoms with E-state index < -0.39 is 24.3 Å². The van der Waals surface area contributed by atoms with Crippen molar-refractivity contribution in [2.24, 2.45) is 11.8 Å². The van der Waals surface area contributed by atoms with E-state index in [1.165, 1.54) is 14.2 Å². The van der Waals surface area contributed by atoms with Gasteiger partial charge in [0.1, 0.15) is 48.4 Å². The Labute approximate surface area is 361 Å². The molecule has 62 heavy (non-hydrogen) atoms. The molecule has 2 aromatic carbocycles. The average molecular weight is 851 g/mol. The van der Waals surface area contributed by atoms with E-state index in [4.69, 9.17) is 28.9 Å². The van der Waals surface area contributed by atoms with Gasteiger partial charge in [0.05, 0.1) is 37.7 Å². The van der Waals surface area contributed by atoms with Crippen LogP contribution in [-0.4, -0.2) is 93.1 Å². The van der Waals surface area contributed by atoms with Gasteiger partial charge in [0.25, 0.3) is 0 Å². The van der Waals surface area contributed by atoms with Crippen LogP contribution >= 0.6 is 0 Å². The minimum Gasteiger partial charge on any atom is -0.488 e. The van der Waals surface area contributed by atoms with Gasteiger partial charge in [-0.15, -0.1) is 0 Å². The predicted octanol–water partition coefficient (Wildman–Crippen LogP) is 7.13. The number of ether oxygens (including phenoxy) is 4. The molecular formula is C46H58N8O8. The molecule has 0 unspecified atom stereocenters. The number of aromatic amines is 2. The average Bonchev–Trinajstić information content (AvgIpc) is 4.11. The first-order valence-electron chi connectivity index (χ1n) is 21.9. The molecule has 4 aliphatic rings. The molecule has 4 amide bonds. The molecule has 0 saturated carbocycles. The van der Waals surface area contributed by atoms with Gasteiger partial charge < -0.3 is 49.3 Å². The molecule has 16 heteroatoms. The van der Waals surface area contributed by atoms with Crippen molar-refractivity contribution >= 4 is 24.0 Å². The van der Waals surface area contributed by atoms with Gasteiger partial charge in [0.2, 0.25) is 11.8 Å². The number of nitrogens with one attached hydrogen (secondary N) is 4. The van der Waals surface area contributed by atoms with Crippen molar-refractivity contribution < 1.29 is 38.1 Å². The fraction of sp³-hybridized carbons (Fsp3) is 0.522. The lowest BCUT2D eigenvalue weighted by Crippen LogP contribution is -2.51. The first-order chi connectivity index (χ1) is 29.8. The molecule has 2 saturated heterocycles. The normalized spacial score (nSPS) is 18.5. The van der Waals surface area contributed by atoms with Gasteiger partial charge in [-0.05, 0) is 74.6 Å². The van der Waals surface area contributed by atoms with E-state index >= 15 is 0 Å². The van der Waals surface area contributed by atoms with Crippen LogP contribution in [0.3, 0.4) is 0 Å². The molecule has 4 aliphatic heterocycles. The smallest absolute Gasteiger partial charge is 0.407 e. The van der Waals surface area contributed by atoms with Gasteiger partial charge in [0, 0.05) is 57.9 Å². The van der Waals surface area contributed by atoms with Gasteiger partial charge >= 0.3 is 12.2 Å². The quantitative estimate of drug-likeness (QED) is 0.114. The molecular weight excluding hydrogens is 793 g/mol. The summed E-state index contributed by atoms with van der Waals surface area (Å²) in [5.74, 6) is 2.42. The third kappa shape index (κ3) is 7.72. The van der Waals surface area contributed by atoms with Crippen LogP contribution in [0.15, 0.2) is 24.3 Å². The number of hydrogen-bond donors (Lipinski definition) is 4. The fourth-order valence-electron chi connectivity index (χ4n) is 9.50. The van der Waals surface area contributed by atoms with E-state index in [-0.39, 0.29) is 35.7 Å². The summed E-state index contributed by atoms with van der Waals surface area (Å²) in [5, 5.41) is 5.46. The summed E-state index contributed by atoms with van der Waals surface area (Å²) in [6, 6.07) is 6.44. The largest absolute Gasteiger partial charge is 0.488 e. The van der Waals surface area contributed by atoms with Gasteiger partial charge in [-0.2, -0.15) is 0 Å². The van der Waals surface area contributed by atoms with E-state index in [2.05, 4.69) is 58.7 Å². The maximum absolute atomic E-state index is 13.9. The highest BCUT2D eigenvalue weighted by molar-refractivity contribution is 5.90. The van der Waals surface area contributed by atoms with E-state index in [0.29, 0.717) is 39.1 Å². The molecule has 0 aliphatic carbocycles. The summed E-state index contributed by atoms with van der Waals surface area (Å²) in [6.07, 6.45) is 3.31. The zero-order valence-electron chi connectivity index (χ0n) is 36.9. The Morgan fingerprint density at radius 1 is 0.694 bits per heavy atom. The van der Waals surface area contributed by atoms with Crippen LogP contribution in [-0.2, 0) is 45.1 Å². The summed E-state index contributed by atoms with van der Waals surface area (Å²) in [5.41, 5.74) is 9.40. The lowest BCUT2D eigenvalue weighted by atomic mass is 9.87. The van der Waals surface area contributed by atoms with Crippen molar-refractivity contribution in [2.45, 2.75) is 117 Å². The summed E-state index contributed by atoms with van der Waals surface area (Å²) in [4.78, 5) is 73.1.